The summed E-state index contributed by atoms with van der Waals surface area (Å²) in [4.78, 5) is 25.0. The fourth-order valence-corrected chi connectivity index (χ4v) is 1.49. The fraction of sp³-hybridized carbons (Fsp3) is 0.615. The summed E-state index contributed by atoms with van der Waals surface area (Å²) in [7, 11) is 0. The van der Waals surface area contributed by atoms with Gasteiger partial charge in [-0.2, -0.15) is 20.2 Å². The lowest BCUT2D eigenvalue weighted by Crippen LogP contribution is -2.30. The molecule has 0 aliphatic rings. The minimum atomic E-state index is -0.236. The molecule has 1 aromatic rings. The van der Waals surface area contributed by atoms with Crippen LogP contribution in [0, 0.1) is 11.5 Å². The van der Waals surface area contributed by atoms with Gasteiger partial charge in [-0.1, -0.05) is 0 Å². The third kappa shape index (κ3) is 5.60. The molecule has 1 aromatic heterocycles. The lowest BCUT2D eigenvalue weighted by atomic mass is 10.1. The molecule has 0 fully saturated rings. The Hall–Kier alpha value is -2.43. The molecule has 21 heavy (non-hydrogen) atoms. The van der Waals surface area contributed by atoms with Crippen LogP contribution in [-0.2, 0) is 4.79 Å². The minimum Gasteiger partial charge on any atom is -0.354 e. The quantitative estimate of drug-likeness (QED) is 0.598. The molecule has 0 saturated heterocycles. The average molecular weight is 291 g/mol. The number of hydrogen-bond donors (Lipinski definition) is 2. The normalized spacial score (nSPS) is 10.7. The van der Waals surface area contributed by atoms with E-state index in [9.17, 15) is 4.79 Å². The summed E-state index contributed by atoms with van der Waals surface area (Å²) in [5.41, 5.74) is -0.236. The van der Waals surface area contributed by atoms with Crippen molar-refractivity contribution in [3.63, 3.8) is 0 Å². The predicted molar refractivity (Wildman–Crippen MR) is 81.0 cm³/mol. The molecule has 2 N–H and O–H groups in total. The molecule has 0 radical (unpaired) electrons. The fourth-order valence-electron chi connectivity index (χ4n) is 1.49. The molecule has 0 spiro atoms. The summed E-state index contributed by atoms with van der Waals surface area (Å²) >= 11 is 0. The first-order chi connectivity index (χ1) is 9.75. The first kappa shape index (κ1) is 16.6. The van der Waals surface area contributed by atoms with Gasteiger partial charge in [-0.3, -0.25) is 4.79 Å². The standard InChI is InChI=1S/C13H21N7O/c1-6-15-10-16-11(19-13(3,4)5)18-12(17-10)20(8-14)7-9(2)21/h6-7H2,1-5H3,(H2,15,16,17,18,19). The maximum atomic E-state index is 11.2. The second-order valence-electron chi connectivity index (χ2n) is 5.58. The second-order valence-corrected chi connectivity index (χ2v) is 5.58. The average Bonchev–Trinajstić information content (AvgIpc) is 2.33. The van der Waals surface area contributed by atoms with Gasteiger partial charge in [0.2, 0.25) is 17.8 Å². The zero-order valence-electron chi connectivity index (χ0n) is 13.1. The molecule has 0 aromatic carbocycles. The molecule has 1 heterocycles. The highest BCUT2D eigenvalue weighted by Crippen LogP contribution is 2.16. The summed E-state index contributed by atoms with van der Waals surface area (Å²) < 4.78 is 0. The van der Waals surface area contributed by atoms with Crippen LogP contribution in [0.2, 0.25) is 0 Å². The number of ketones is 1. The van der Waals surface area contributed by atoms with Gasteiger partial charge in [-0.25, -0.2) is 4.90 Å². The van der Waals surface area contributed by atoms with Gasteiger partial charge in [0.1, 0.15) is 5.78 Å². The van der Waals surface area contributed by atoms with Crippen LogP contribution < -0.4 is 15.5 Å². The minimum absolute atomic E-state index is 0.0684. The molecule has 0 amide bonds. The zero-order chi connectivity index (χ0) is 16.0. The zero-order valence-corrected chi connectivity index (χ0v) is 13.1. The third-order valence-electron chi connectivity index (χ3n) is 2.19. The lowest BCUT2D eigenvalue weighted by molar-refractivity contribution is -0.115. The number of aromatic nitrogens is 3. The Morgan fingerprint density at radius 3 is 2.38 bits per heavy atom. The van der Waals surface area contributed by atoms with Crippen molar-refractivity contribution in [1.82, 2.24) is 15.0 Å². The van der Waals surface area contributed by atoms with E-state index in [4.69, 9.17) is 5.26 Å². The number of nitrogens with one attached hydrogen (secondary N) is 2. The largest absolute Gasteiger partial charge is 0.354 e. The van der Waals surface area contributed by atoms with Crippen molar-refractivity contribution < 1.29 is 4.79 Å². The van der Waals surface area contributed by atoms with Crippen molar-refractivity contribution >= 4 is 23.6 Å². The van der Waals surface area contributed by atoms with Gasteiger partial charge < -0.3 is 10.6 Å². The van der Waals surface area contributed by atoms with Gasteiger partial charge in [0.25, 0.3) is 0 Å². The van der Waals surface area contributed by atoms with Crippen molar-refractivity contribution in [2.24, 2.45) is 0 Å². The highest BCUT2D eigenvalue weighted by atomic mass is 16.1. The number of carbonyl (C=O) groups excluding carboxylic acids is 1. The van der Waals surface area contributed by atoms with Gasteiger partial charge in [-0.15, -0.1) is 0 Å². The summed E-state index contributed by atoms with van der Waals surface area (Å²) in [6.45, 7) is 9.81. The maximum Gasteiger partial charge on any atom is 0.245 e. The van der Waals surface area contributed by atoms with Gasteiger partial charge in [0.15, 0.2) is 6.19 Å². The Bertz CT molecular complexity index is 544. The molecule has 0 saturated carbocycles. The number of Topliss-reactive ketones (excluding diaryl/α,β-unsaturated/α-hetero) is 1. The van der Waals surface area contributed by atoms with E-state index in [2.05, 4.69) is 25.6 Å². The molecule has 8 nitrogen and oxygen atoms in total. The van der Waals surface area contributed by atoms with Crippen LogP contribution in [-0.4, -0.2) is 39.4 Å². The maximum absolute atomic E-state index is 11.2. The highest BCUT2D eigenvalue weighted by molar-refractivity contribution is 5.81. The van der Waals surface area contributed by atoms with Crippen LogP contribution in [0.5, 0.6) is 0 Å². The van der Waals surface area contributed by atoms with Gasteiger partial charge in [0, 0.05) is 12.1 Å². The monoisotopic (exact) mass is 291 g/mol. The lowest BCUT2D eigenvalue weighted by Gasteiger charge is -2.21. The molecule has 0 aliphatic heterocycles. The molecule has 1 rings (SSSR count). The Balaban J connectivity index is 3.17. The third-order valence-corrected chi connectivity index (χ3v) is 2.19. The number of rotatable bonds is 6. The van der Waals surface area contributed by atoms with Gasteiger partial charge >= 0.3 is 0 Å². The molecule has 0 bridgehead atoms. The number of nitriles is 1. The van der Waals surface area contributed by atoms with E-state index < -0.39 is 0 Å². The van der Waals surface area contributed by atoms with Crippen molar-refractivity contribution in [2.75, 3.05) is 28.6 Å². The van der Waals surface area contributed by atoms with Crippen LogP contribution in [0.1, 0.15) is 34.6 Å². The van der Waals surface area contributed by atoms with Crippen LogP contribution in [0.3, 0.4) is 0 Å². The number of hydrogen-bond acceptors (Lipinski definition) is 8. The van der Waals surface area contributed by atoms with Crippen LogP contribution >= 0.6 is 0 Å². The first-order valence-electron chi connectivity index (χ1n) is 6.70. The van der Waals surface area contributed by atoms with Crippen LogP contribution in [0.4, 0.5) is 17.8 Å². The second kappa shape index (κ2) is 6.83. The Morgan fingerprint density at radius 1 is 1.29 bits per heavy atom. The Morgan fingerprint density at radius 2 is 1.90 bits per heavy atom. The topological polar surface area (TPSA) is 107 Å². The number of carbonyl (C=O) groups is 1. The molecule has 8 heteroatoms. The van der Waals surface area contributed by atoms with E-state index in [0.29, 0.717) is 18.4 Å². The van der Waals surface area contributed by atoms with Crippen molar-refractivity contribution in [3.05, 3.63) is 0 Å². The SMILES string of the molecule is CCNc1nc(NC(C)(C)C)nc(N(C#N)CC(C)=O)n1. The summed E-state index contributed by atoms with van der Waals surface area (Å²) in [5.74, 6) is 0.711. The molecule has 0 unspecified atom stereocenters. The van der Waals surface area contributed by atoms with E-state index in [1.54, 1.807) is 0 Å². The Labute approximate surface area is 124 Å². The van der Waals surface area contributed by atoms with Crippen molar-refractivity contribution in [3.8, 4) is 6.19 Å². The van der Waals surface area contributed by atoms with Crippen molar-refractivity contribution in [1.29, 1.82) is 5.26 Å². The van der Waals surface area contributed by atoms with Gasteiger partial charge in [-0.05, 0) is 34.6 Å². The molecular weight excluding hydrogens is 270 g/mol. The summed E-state index contributed by atoms with van der Waals surface area (Å²) in [6.07, 6.45) is 1.91. The van der Waals surface area contributed by atoms with Crippen molar-refractivity contribution in [2.45, 2.75) is 40.2 Å². The molecule has 114 valence electrons. The number of nitrogens with zero attached hydrogens (tertiary/aromatic N) is 5. The predicted octanol–water partition coefficient (Wildman–Crippen LogP) is 1.39. The van der Waals surface area contributed by atoms with E-state index in [1.807, 2.05) is 33.9 Å². The molecule has 0 aliphatic carbocycles. The number of anilines is 3. The summed E-state index contributed by atoms with van der Waals surface area (Å²) in [5, 5.41) is 15.3. The van der Waals surface area contributed by atoms with E-state index in [1.165, 1.54) is 6.92 Å². The van der Waals surface area contributed by atoms with Gasteiger partial charge in [0.05, 0.1) is 6.54 Å². The smallest absolute Gasteiger partial charge is 0.245 e. The van der Waals surface area contributed by atoms with Crippen LogP contribution in [0.25, 0.3) is 0 Å². The molecular formula is C13H21N7O. The Kier molecular flexibility index (Phi) is 5.41. The van der Waals surface area contributed by atoms with Crippen LogP contribution in [0.15, 0.2) is 0 Å². The van der Waals surface area contributed by atoms with E-state index in [-0.39, 0.29) is 23.8 Å². The van der Waals surface area contributed by atoms with E-state index >= 15 is 0 Å². The first-order valence-corrected chi connectivity index (χ1v) is 6.70. The molecule has 0 atom stereocenters. The van der Waals surface area contributed by atoms with E-state index in [0.717, 1.165) is 4.90 Å². The highest BCUT2D eigenvalue weighted by Gasteiger charge is 2.17. The summed E-state index contributed by atoms with van der Waals surface area (Å²) in [6, 6.07) is 0.